The summed E-state index contributed by atoms with van der Waals surface area (Å²) in [5.41, 5.74) is 2.38. The molecule has 0 bridgehead atoms. The Hall–Kier alpha value is -0.420. The summed E-state index contributed by atoms with van der Waals surface area (Å²) in [5, 5.41) is 1.82. The molecule has 0 N–H and O–H groups in total. The first-order valence-corrected chi connectivity index (χ1v) is 9.78. The number of hydrogen-bond donors (Lipinski definition) is 0. The fourth-order valence-corrected chi connectivity index (χ4v) is 5.41. The Morgan fingerprint density at radius 3 is 2.53 bits per heavy atom. The number of aromatic nitrogens is 1. The molecule has 0 radical (unpaired) electrons. The summed E-state index contributed by atoms with van der Waals surface area (Å²) >= 11 is 1.45. The van der Waals surface area contributed by atoms with Gasteiger partial charge in [0.2, 0.25) is 0 Å². The second-order valence-electron chi connectivity index (χ2n) is 6.14. The van der Waals surface area contributed by atoms with Crippen molar-refractivity contribution < 1.29 is 8.42 Å². The molecule has 1 aliphatic rings. The quantitative estimate of drug-likeness (QED) is 0.836. The van der Waals surface area contributed by atoms with Gasteiger partial charge in [-0.25, -0.2) is 13.4 Å². The van der Waals surface area contributed by atoms with E-state index in [9.17, 15) is 8.42 Å². The zero-order valence-corrected chi connectivity index (χ0v) is 13.3. The Morgan fingerprint density at radius 1 is 1.26 bits per heavy atom. The van der Waals surface area contributed by atoms with Gasteiger partial charge in [0.25, 0.3) is 0 Å². The molecule has 1 aromatic rings. The van der Waals surface area contributed by atoms with Crippen LogP contribution in [0.3, 0.4) is 0 Å². The number of sulfone groups is 1. The number of rotatable bonds is 5. The summed E-state index contributed by atoms with van der Waals surface area (Å²) < 4.78 is 24.1. The minimum atomic E-state index is -2.99. The highest BCUT2D eigenvalue weighted by Crippen LogP contribution is 2.34. The second kappa shape index (κ2) is 6.35. The van der Waals surface area contributed by atoms with Gasteiger partial charge < -0.3 is 0 Å². The highest BCUT2D eigenvalue weighted by Gasteiger charge is 2.25. The fraction of sp³-hybridized carbons (Fsp3) is 0.786. The predicted octanol–water partition coefficient (Wildman–Crippen LogP) is 3.52. The van der Waals surface area contributed by atoms with Crippen LogP contribution in [0.25, 0.3) is 0 Å². The summed E-state index contributed by atoms with van der Waals surface area (Å²) in [6.45, 7) is 4.57. The van der Waals surface area contributed by atoms with Gasteiger partial charge in [-0.05, 0) is 43.4 Å². The van der Waals surface area contributed by atoms with Crippen molar-refractivity contribution in [1.82, 2.24) is 4.98 Å². The maximum absolute atomic E-state index is 12.1. The number of thiazole rings is 1. The maximum atomic E-state index is 12.1. The Morgan fingerprint density at radius 2 is 1.95 bits per heavy atom. The lowest BCUT2D eigenvalue weighted by Crippen LogP contribution is -2.22. The van der Waals surface area contributed by atoms with E-state index < -0.39 is 9.84 Å². The molecule has 0 aliphatic heterocycles. The molecule has 2 atom stereocenters. The van der Waals surface area contributed by atoms with E-state index in [0.29, 0.717) is 17.4 Å². The number of nitrogens with zero attached hydrogens (tertiary/aromatic N) is 1. The van der Waals surface area contributed by atoms with E-state index in [-0.39, 0.29) is 5.75 Å². The van der Waals surface area contributed by atoms with E-state index >= 15 is 0 Å². The molecule has 1 heterocycles. The van der Waals surface area contributed by atoms with Crippen LogP contribution in [0.1, 0.15) is 45.2 Å². The third-order valence-corrected chi connectivity index (χ3v) is 6.19. The summed E-state index contributed by atoms with van der Waals surface area (Å²) in [7, 11) is -2.99. The third kappa shape index (κ3) is 4.88. The van der Waals surface area contributed by atoms with Crippen molar-refractivity contribution in [1.29, 1.82) is 0 Å². The molecule has 5 heteroatoms. The van der Waals surface area contributed by atoms with Gasteiger partial charge in [-0.2, -0.15) is 0 Å². The van der Waals surface area contributed by atoms with Gasteiger partial charge in [-0.3, -0.25) is 0 Å². The third-order valence-electron chi connectivity index (χ3n) is 3.96. The van der Waals surface area contributed by atoms with Crippen LogP contribution in [0.2, 0.25) is 0 Å². The molecule has 1 saturated carbocycles. The zero-order valence-electron chi connectivity index (χ0n) is 11.7. The topological polar surface area (TPSA) is 47.0 Å². The molecule has 0 saturated heterocycles. The van der Waals surface area contributed by atoms with Gasteiger partial charge in [-0.15, -0.1) is 11.3 Å². The summed E-state index contributed by atoms with van der Waals surface area (Å²) in [4.78, 5) is 4.06. The lowest BCUT2D eigenvalue weighted by atomic mass is 9.76. The van der Waals surface area contributed by atoms with E-state index in [4.69, 9.17) is 0 Å². The lowest BCUT2D eigenvalue weighted by Gasteiger charge is -2.31. The van der Waals surface area contributed by atoms with Crippen LogP contribution in [-0.2, 0) is 15.6 Å². The summed E-state index contributed by atoms with van der Waals surface area (Å²) in [5.74, 6) is 2.50. The van der Waals surface area contributed by atoms with Crippen LogP contribution in [0.15, 0.2) is 10.9 Å². The smallest absolute Gasteiger partial charge is 0.156 e. The van der Waals surface area contributed by atoms with Gasteiger partial charge in [-0.1, -0.05) is 13.8 Å². The first-order valence-electron chi connectivity index (χ1n) is 7.02. The molecule has 3 nitrogen and oxygen atoms in total. The Bertz CT molecular complexity index is 472. The van der Waals surface area contributed by atoms with Crippen molar-refractivity contribution in [2.75, 3.05) is 5.75 Å². The van der Waals surface area contributed by atoms with Crippen molar-refractivity contribution in [2.24, 2.45) is 17.8 Å². The highest BCUT2D eigenvalue weighted by molar-refractivity contribution is 7.90. The van der Waals surface area contributed by atoms with Crippen molar-refractivity contribution in [2.45, 2.75) is 45.3 Å². The normalized spacial score (nSPS) is 28.4. The van der Waals surface area contributed by atoms with Gasteiger partial charge in [0, 0.05) is 5.38 Å². The Balaban J connectivity index is 1.84. The molecule has 0 amide bonds. The van der Waals surface area contributed by atoms with Gasteiger partial charge >= 0.3 is 0 Å². The first-order chi connectivity index (χ1) is 8.94. The fourth-order valence-electron chi connectivity index (χ4n) is 3.30. The van der Waals surface area contributed by atoms with Crippen molar-refractivity contribution in [3.63, 3.8) is 0 Å². The lowest BCUT2D eigenvalue weighted by molar-refractivity contribution is 0.215. The minimum absolute atomic E-state index is 0.105. The van der Waals surface area contributed by atoms with E-state index in [1.807, 2.05) is 5.38 Å². The van der Waals surface area contributed by atoms with Crippen molar-refractivity contribution in [3.8, 4) is 0 Å². The summed E-state index contributed by atoms with van der Waals surface area (Å²) in [6, 6.07) is 0. The SMILES string of the molecule is C[C@H]1CC(CCS(=O)(=O)Cc2cscn2)C[C@H](C)C1. The Labute approximate surface area is 120 Å². The molecular formula is C14H23NO2S2. The standard InChI is InChI=1S/C14H23NO2S2/c1-11-5-12(2)7-13(6-11)3-4-19(16,17)9-14-8-18-10-15-14/h8,10-13H,3-7,9H2,1-2H3/t11-,12-/m1/s1. The monoisotopic (exact) mass is 301 g/mol. The molecule has 0 aromatic carbocycles. The second-order valence-corrected chi connectivity index (χ2v) is 9.05. The molecular weight excluding hydrogens is 278 g/mol. The molecule has 2 rings (SSSR count). The molecule has 1 aliphatic carbocycles. The van der Waals surface area contributed by atoms with Crippen molar-refractivity contribution >= 4 is 21.2 Å². The molecule has 1 fully saturated rings. The molecule has 1 aromatic heterocycles. The average molecular weight is 301 g/mol. The largest absolute Gasteiger partial charge is 0.249 e. The first kappa shape index (κ1) is 15.0. The average Bonchev–Trinajstić information content (AvgIpc) is 2.77. The zero-order chi connectivity index (χ0) is 13.9. The van der Waals surface area contributed by atoms with Gasteiger partial charge in [0.15, 0.2) is 9.84 Å². The molecule has 108 valence electrons. The molecule has 0 unspecified atom stereocenters. The highest BCUT2D eigenvalue weighted by atomic mass is 32.2. The maximum Gasteiger partial charge on any atom is 0.156 e. The van der Waals surface area contributed by atoms with E-state index in [1.54, 1.807) is 5.51 Å². The van der Waals surface area contributed by atoms with E-state index in [2.05, 4.69) is 18.8 Å². The summed E-state index contributed by atoms with van der Waals surface area (Å²) in [6.07, 6.45) is 4.50. The van der Waals surface area contributed by atoms with Crippen molar-refractivity contribution in [3.05, 3.63) is 16.6 Å². The van der Waals surface area contributed by atoms with Crippen LogP contribution < -0.4 is 0 Å². The molecule has 19 heavy (non-hydrogen) atoms. The predicted molar refractivity (Wildman–Crippen MR) is 79.9 cm³/mol. The van der Waals surface area contributed by atoms with Crippen LogP contribution in [0, 0.1) is 17.8 Å². The van der Waals surface area contributed by atoms with E-state index in [1.165, 1.54) is 30.6 Å². The number of hydrogen-bond acceptors (Lipinski definition) is 4. The van der Waals surface area contributed by atoms with Crippen LogP contribution in [-0.4, -0.2) is 19.2 Å². The Kier molecular flexibility index (Phi) is 5.01. The van der Waals surface area contributed by atoms with Gasteiger partial charge in [0.1, 0.15) is 0 Å². The molecule has 0 spiro atoms. The van der Waals surface area contributed by atoms with E-state index in [0.717, 1.165) is 18.3 Å². The van der Waals surface area contributed by atoms with Crippen LogP contribution in [0.5, 0.6) is 0 Å². The van der Waals surface area contributed by atoms with Crippen LogP contribution in [0.4, 0.5) is 0 Å². The minimum Gasteiger partial charge on any atom is -0.249 e. The van der Waals surface area contributed by atoms with Gasteiger partial charge in [0.05, 0.1) is 22.7 Å². The van der Waals surface area contributed by atoms with Crippen LogP contribution >= 0.6 is 11.3 Å².